The number of unbranched alkanes of at least 4 members (excludes halogenated alkanes) is 8. The van der Waals surface area contributed by atoms with Crippen molar-refractivity contribution in [3.05, 3.63) is 0 Å². The zero-order valence-electron chi connectivity index (χ0n) is 19.8. The van der Waals surface area contributed by atoms with Gasteiger partial charge < -0.3 is 28.8 Å². The van der Waals surface area contributed by atoms with E-state index in [0.717, 1.165) is 12.8 Å². The van der Waals surface area contributed by atoms with Gasteiger partial charge in [-0.05, 0) is 6.42 Å². The lowest BCUT2D eigenvalue weighted by molar-refractivity contribution is -0.348. The monoisotopic (exact) mass is 470 g/mol. The maximum atomic E-state index is 8.94. The van der Waals surface area contributed by atoms with Crippen molar-refractivity contribution in [2.24, 2.45) is 0 Å². The average Bonchev–Trinajstić information content (AvgIpc) is 2.81. The summed E-state index contributed by atoms with van der Waals surface area (Å²) in [5.41, 5.74) is 0. The van der Waals surface area contributed by atoms with Gasteiger partial charge in [-0.3, -0.25) is 0 Å². The summed E-state index contributed by atoms with van der Waals surface area (Å²) in [6.45, 7) is 5.22. The Morgan fingerprint density at radius 3 is 1.53 bits per heavy atom. The van der Waals surface area contributed by atoms with E-state index in [1.165, 1.54) is 44.9 Å². The summed E-state index contributed by atoms with van der Waals surface area (Å²) in [4.78, 5) is 8.04. The summed E-state index contributed by atoms with van der Waals surface area (Å²) in [5.74, 6) is 0. The average molecular weight is 471 g/mol. The van der Waals surface area contributed by atoms with Crippen LogP contribution in [0.25, 0.3) is 0 Å². The number of aliphatic hydroxyl groups is 1. The predicted octanol–water partition coefficient (Wildman–Crippen LogP) is 3.61. The van der Waals surface area contributed by atoms with Gasteiger partial charge in [0.25, 0.3) is 0 Å². The lowest BCUT2D eigenvalue weighted by atomic mass is 10.1. The lowest BCUT2D eigenvalue weighted by Gasteiger charge is -2.14. The minimum atomic E-state index is -1.34. The summed E-state index contributed by atoms with van der Waals surface area (Å²) in [6, 6.07) is 0. The number of rotatable bonds is 27. The van der Waals surface area contributed by atoms with Gasteiger partial charge in [0, 0.05) is 6.42 Å². The van der Waals surface area contributed by atoms with Gasteiger partial charge in [0.05, 0.1) is 52.9 Å². The third-order valence-corrected chi connectivity index (χ3v) is 4.69. The van der Waals surface area contributed by atoms with E-state index in [9.17, 15) is 0 Å². The van der Waals surface area contributed by atoms with Crippen LogP contribution in [0.5, 0.6) is 0 Å². The zero-order valence-corrected chi connectivity index (χ0v) is 19.8. The van der Waals surface area contributed by atoms with Crippen molar-refractivity contribution < 1.29 is 49.1 Å². The molecule has 0 radical (unpaired) electrons. The topological polar surface area (TPSA) is 125 Å². The first-order valence-corrected chi connectivity index (χ1v) is 12.0. The first-order chi connectivity index (χ1) is 15.7. The Bertz CT molecular complexity index is 349. The van der Waals surface area contributed by atoms with Crippen LogP contribution in [0.15, 0.2) is 0 Å². The second-order valence-corrected chi connectivity index (χ2v) is 7.49. The number of ether oxygens (including phenoxy) is 5. The maximum Gasteiger partial charge on any atom is 0.212 e. The SMILES string of the molecule is CCCCCCCCCCCC(OO)OCCOCCOCCOCCOCC(O)OO. The molecule has 32 heavy (non-hydrogen) atoms. The third-order valence-electron chi connectivity index (χ3n) is 4.69. The molecule has 3 N–H and O–H groups in total. The van der Waals surface area contributed by atoms with Gasteiger partial charge >= 0.3 is 0 Å². The van der Waals surface area contributed by atoms with Crippen molar-refractivity contribution in [3.8, 4) is 0 Å². The minimum absolute atomic E-state index is 0.123. The van der Waals surface area contributed by atoms with Gasteiger partial charge in [0.2, 0.25) is 6.29 Å². The molecule has 194 valence electrons. The highest BCUT2D eigenvalue weighted by atomic mass is 17.1. The van der Waals surface area contributed by atoms with Gasteiger partial charge in [0.15, 0.2) is 6.29 Å². The molecule has 0 aliphatic carbocycles. The molecular formula is C22H46O10. The number of aliphatic hydroxyl groups excluding tert-OH is 1. The molecule has 0 aromatic carbocycles. The molecule has 0 heterocycles. The number of hydrogen-bond donors (Lipinski definition) is 3. The fourth-order valence-electron chi connectivity index (χ4n) is 2.90. The molecule has 0 spiro atoms. The van der Waals surface area contributed by atoms with Gasteiger partial charge in [-0.2, -0.15) is 0 Å². The van der Waals surface area contributed by atoms with Crippen molar-refractivity contribution >= 4 is 0 Å². The van der Waals surface area contributed by atoms with Crippen LogP contribution in [0.2, 0.25) is 0 Å². The first kappa shape index (κ1) is 31.6. The van der Waals surface area contributed by atoms with Gasteiger partial charge in [-0.25, -0.2) is 20.3 Å². The molecule has 0 rings (SSSR count). The van der Waals surface area contributed by atoms with E-state index >= 15 is 0 Å². The first-order valence-electron chi connectivity index (χ1n) is 12.0. The molecule has 0 aliphatic rings. The second-order valence-electron chi connectivity index (χ2n) is 7.49. The highest BCUT2D eigenvalue weighted by Crippen LogP contribution is 2.12. The van der Waals surface area contributed by atoms with Crippen LogP contribution in [0.3, 0.4) is 0 Å². The van der Waals surface area contributed by atoms with Crippen LogP contribution >= 0.6 is 0 Å². The van der Waals surface area contributed by atoms with Crippen molar-refractivity contribution in [1.82, 2.24) is 0 Å². The highest BCUT2D eigenvalue weighted by molar-refractivity contribution is 4.50. The molecule has 0 amide bonds. The molecule has 0 aliphatic heterocycles. The number of hydrogen-bond acceptors (Lipinski definition) is 10. The molecule has 2 atom stereocenters. The van der Waals surface area contributed by atoms with Gasteiger partial charge in [-0.15, -0.1) is 0 Å². The third kappa shape index (κ3) is 24.2. The van der Waals surface area contributed by atoms with Gasteiger partial charge in [-0.1, -0.05) is 58.3 Å². The fourth-order valence-corrected chi connectivity index (χ4v) is 2.90. The molecule has 0 saturated heterocycles. The smallest absolute Gasteiger partial charge is 0.212 e. The van der Waals surface area contributed by atoms with E-state index in [-0.39, 0.29) is 13.2 Å². The summed E-state index contributed by atoms with van der Waals surface area (Å²) < 4.78 is 26.5. The van der Waals surface area contributed by atoms with Crippen molar-refractivity contribution in [2.45, 2.75) is 83.7 Å². The van der Waals surface area contributed by atoms with E-state index in [1.54, 1.807) is 0 Å². The Morgan fingerprint density at radius 2 is 1.03 bits per heavy atom. The van der Waals surface area contributed by atoms with E-state index in [1.807, 2.05) is 0 Å². The normalized spacial score (nSPS) is 13.5. The molecule has 0 fully saturated rings. The van der Waals surface area contributed by atoms with Crippen molar-refractivity contribution in [3.63, 3.8) is 0 Å². The van der Waals surface area contributed by atoms with E-state index < -0.39 is 12.6 Å². The van der Waals surface area contributed by atoms with Crippen molar-refractivity contribution in [2.75, 3.05) is 59.5 Å². The van der Waals surface area contributed by atoms with Gasteiger partial charge in [0.1, 0.15) is 6.61 Å². The molecule has 0 saturated carbocycles. The van der Waals surface area contributed by atoms with Crippen LogP contribution < -0.4 is 0 Å². The van der Waals surface area contributed by atoms with E-state index in [4.69, 9.17) is 39.3 Å². The largest absolute Gasteiger partial charge is 0.377 e. The van der Waals surface area contributed by atoms with Crippen molar-refractivity contribution in [1.29, 1.82) is 0 Å². The van der Waals surface area contributed by atoms with Crippen LogP contribution in [0.1, 0.15) is 71.1 Å². The lowest BCUT2D eigenvalue weighted by Crippen LogP contribution is -2.20. The standard InChI is InChI=1S/C22H46O10/c1-2-3-4-5-6-7-8-9-10-11-22(32-25)30-19-18-28-15-14-26-12-13-27-16-17-29-20-21(23)31-24/h21-25H,2-20H2,1H3. The molecule has 2 unspecified atom stereocenters. The van der Waals surface area contributed by atoms with E-state index in [2.05, 4.69) is 16.7 Å². The zero-order chi connectivity index (χ0) is 23.5. The quantitative estimate of drug-likeness (QED) is 0.0709. The molecule has 10 nitrogen and oxygen atoms in total. The van der Waals surface area contributed by atoms with Crippen LogP contribution in [-0.2, 0) is 33.5 Å². The second kappa shape index (κ2) is 26.8. The highest BCUT2D eigenvalue weighted by Gasteiger charge is 2.08. The fraction of sp³-hybridized carbons (Fsp3) is 1.00. The molecular weight excluding hydrogens is 424 g/mol. The Morgan fingerprint density at radius 1 is 0.562 bits per heavy atom. The Kier molecular flexibility index (Phi) is 26.5. The van der Waals surface area contributed by atoms with Crippen LogP contribution in [0, 0.1) is 0 Å². The summed E-state index contributed by atoms with van der Waals surface area (Å²) >= 11 is 0. The maximum absolute atomic E-state index is 8.94. The Hall–Kier alpha value is -0.400. The van der Waals surface area contributed by atoms with Crippen LogP contribution in [0.4, 0.5) is 0 Å². The Balaban J connectivity index is 3.27. The minimum Gasteiger partial charge on any atom is -0.377 e. The predicted molar refractivity (Wildman–Crippen MR) is 118 cm³/mol. The molecule has 0 aromatic rings. The van der Waals surface area contributed by atoms with Crippen LogP contribution in [-0.4, -0.2) is 87.7 Å². The summed E-state index contributed by atoms with van der Waals surface area (Å²) in [7, 11) is 0. The molecule has 0 bridgehead atoms. The molecule has 0 aromatic heterocycles. The summed E-state index contributed by atoms with van der Waals surface area (Å²) in [6.07, 6.45) is 9.96. The summed E-state index contributed by atoms with van der Waals surface area (Å²) in [5, 5.41) is 25.9. The Labute approximate surface area is 192 Å². The molecule has 10 heteroatoms. The van der Waals surface area contributed by atoms with E-state index in [0.29, 0.717) is 52.7 Å².